The second-order valence-corrected chi connectivity index (χ2v) is 8.14. The molecule has 2 rings (SSSR count). The van der Waals surface area contributed by atoms with Gasteiger partial charge in [0.05, 0.1) is 6.20 Å². The Morgan fingerprint density at radius 1 is 1.17 bits per heavy atom. The Kier molecular flexibility index (Phi) is 5.65. The number of ether oxygens (including phenoxy) is 1. The van der Waals surface area contributed by atoms with Crippen LogP contribution >= 0.6 is 11.9 Å². The number of hydrogen-bond donors (Lipinski definition) is 1. The van der Waals surface area contributed by atoms with Crippen molar-refractivity contribution in [2.45, 2.75) is 45.4 Å². The smallest absolute Gasteiger partial charge is 0.145 e. The Hall–Kier alpha value is -1.59. The highest BCUT2D eigenvalue weighted by Gasteiger charge is 2.17. The molecular weight excluding hydrogens is 311 g/mol. The summed E-state index contributed by atoms with van der Waals surface area (Å²) in [6, 6.07) is 8.40. The van der Waals surface area contributed by atoms with E-state index in [2.05, 4.69) is 30.5 Å². The van der Waals surface area contributed by atoms with Gasteiger partial charge in [-0.1, -0.05) is 11.9 Å². The summed E-state index contributed by atoms with van der Waals surface area (Å²) in [5, 5.41) is 0. The summed E-state index contributed by atoms with van der Waals surface area (Å²) >= 11 is 1.59. The van der Waals surface area contributed by atoms with Crippen molar-refractivity contribution in [3.63, 3.8) is 0 Å². The average molecular weight is 334 g/mol. The van der Waals surface area contributed by atoms with Crippen LogP contribution in [-0.2, 0) is 0 Å². The van der Waals surface area contributed by atoms with E-state index >= 15 is 0 Å². The summed E-state index contributed by atoms with van der Waals surface area (Å²) in [4.78, 5) is 4.19. The molecule has 0 radical (unpaired) electrons. The van der Waals surface area contributed by atoms with E-state index in [1.54, 1.807) is 30.3 Å². The molecule has 0 spiro atoms. The zero-order valence-electron chi connectivity index (χ0n) is 14.2. The number of pyridine rings is 1. The lowest BCUT2D eigenvalue weighted by atomic mass is 10.1. The fourth-order valence-electron chi connectivity index (χ4n) is 1.90. The predicted molar refractivity (Wildman–Crippen MR) is 94.3 cm³/mol. The first-order valence-electron chi connectivity index (χ1n) is 7.58. The van der Waals surface area contributed by atoms with Gasteiger partial charge >= 0.3 is 0 Å². The van der Waals surface area contributed by atoms with E-state index in [0.717, 1.165) is 5.69 Å². The first-order chi connectivity index (χ1) is 10.7. The third-order valence-electron chi connectivity index (χ3n) is 3.10. The first-order valence-corrected chi connectivity index (χ1v) is 8.40. The van der Waals surface area contributed by atoms with Crippen molar-refractivity contribution < 1.29 is 9.13 Å². The maximum Gasteiger partial charge on any atom is 0.145 e. The molecule has 0 aliphatic heterocycles. The van der Waals surface area contributed by atoms with Gasteiger partial charge in [0, 0.05) is 22.0 Å². The lowest BCUT2D eigenvalue weighted by Crippen LogP contribution is -2.20. The molecule has 124 valence electrons. The van der Waals surface area contributed by atoms with Crippen LogP contribution < -0.4 is 9.46 Å². The molecule has 23 heavy (non-hydrogen) atoms. The third kappa shape index (κ3) is 5.52. The molecular formula is C18H23FN2OS. The van der Waals surface area contributed by atoms with Gasteiger partial charge in [-0.3, -0.25) is 9.71 Å². The van der Waals surface area contributed by atoms with Crippen LogP contribution in [0.25, 0.3) is 0 Å². The Morgan fingerprint density at radius 3 is 2.48 bits per heavy atom. The molecule has 0 fully saturated rings. The van der Waals surface area contributed by atoms with Gasteiger partial charge in [-0.25, -0.2) is 4.39 Å². The van der Waals surface area contributed by atoms with Gasteiger partial charge in [-0.15, -0.1) is 0 Å². The Balaban J connectivity index is 2.13. The summed E-state index contributed by atoms with van der Waals surface area (Å²) in [5.41, 5.74) is 1.51. The number of nitrogens with one attached hydrogen (secondary N) is 1. The summed E-state index contributed by atoms with van der Waals surface area (Å²) in [6.07, 6.45) is 1.66. The molecule has 3 nitrogen and oxygen atoms in total. The first kappa shape index (κ1) is 17.8. The van der Waals surface area contributed by atoms with Crippen molar-refractivity contribution in [1.82, 2.24) is 9.71 Å². The topological polar surface area (TPSA) is 34.1 Å². The van der Waals surface area contributed by atoms with Crippen LogP contribution in [0, 0.1) is 12.7 Å². The molecule has 0 bridgehead atoms. The number of rotatable bonds is 5. The molecule has 2 aromatic rings. The van der Waals surface area contributed by atoms with Gasteiger partial charge in [-0.05, 0) is 65.0 Å². The highest BCUT2D eigenvalue weighted by molar-refractivity contribution is 7.98. The number of hydrogen-bond acceptors (Lipinski definition) is 4. The van der Waals surface area contributed by atoms with E-state index in [1.165, 1.54) is 6.07 Å². The molecule has 0 aliphatic rings. The van der Waals surface area contributed by atoms with E-state index in [1.807, 2.05) is 26.0 Å². The molecule has 1 atom stereocenters. The van der Waals surface area contributed by atoms with Crippen molar-refractivity contribution in [1.29, 1.82) is 0 Å². The Labute approximate surface area is 141 Å². The number of aryl methyl sites for hydroxylation is 1. The van der Waals surface area contributed by atoms with E-state index in [4.69, 9.17) is 4.74 Å². The summed E-state index contributed by atoms with van der Waals surface area (Å²) in [6.45, 7) is 10.2. The number of aromatic nitrogens is 1. The molecule has 0 amide bonds. The SMILES string of the molecule is Cc1ccc(Oc2ccc(F)c([C@H](C)NSC(C)(C)C)c2)cn1. The molecule has 1 heterocycles. The zero-order valence-corrected chi connectivity index (χ0v) is 15.0. The number of halogens is 1. The summed E-state index contributed by atoms with van der Waals surface area (Å²) in [7, 11) is 0. The van der Waals surface area contributed by atoms with E-state index < -0.39 is 0 Å². The molecule has 1 aromatic carbocycles. The highest BCUT2D eigenvalue weighted by atomic mass is 32.2. The minimum atomic E-state index is -0.242. The average Bonchev–Trinajstić information content (AvgIpc) is 2.48. The molecule has 1 N–H and O–H groups in total. The van der Waals surface area contributed by atoms with Crippen molar-refractivity contribution in [2.24, 2.45) is 0 Å². The highest BCUT2D eigenvalue weighted by Crippen LogP contribution is 2.29. The summed E-state index contributed by atoms with van der Waals surface area (Å²) in [5.74, 6) is 0.994. The van der Waals surface area contributed by atoms with Gasteiger partial charge < -0.3 is 4.74 Å². The van der Waals surface area contributed by atoms with E-state index in [0.29, 0.717) is 17.1 Å². The minimum absolute atomic E-state index is 0.0619. The zero-order chi connectivity index (χ0) is 17.0. The fraction of sp³-hybridized carbons (Fsp3) is 0.389. The van der Waals surface area contributed by atoms with Gasteiger partial charge in [0.2, 0.25) is 0 Å². The molecule has 0 unspecified atom stereocenters. The lowest BCUT2D eigenvalue weighted by Gasteiger charge is -2.22. The Morgan fingerprint density at radius 2 is 1.87 bits per heavy atom. The predicted octanol–water partition coefficient (Wildman–Crippen LogP) is 5.42. The quantitative estimate of drug-likeness (QED) is 0.740. The number of nitrogens with zero attached hydrogens (tertiary/aromatic N) is 1. The van der Waals surface area contributed by atoms with Crippen LogP contribution in [0.15, 0.2) is 36.5 Å². The van der Waals surface area contributed by atoms with Crippen molar-refractivity contribution in [3.05, 3.63) is 53.6 Å². The molecule has 5 heteroatoms. The van der Waals surface area contributed by atoms with Gasteiger partial charge in [0.1, 0.15) is 17.3 Å². The second kappa shape index (κ2) is 7.32. The fourth-order valence-corrected chi connectivity index (χ4v) is 2.55. The maximum atomic E-state index is 14.1. The van der Waals surface area contributed by atoms with Crippen molar-refractivity contribution in [3.8, 4) is 11.5 Å². The largest absolute Gasteiger partial charge is 0.456 e. The molecule has 0 saturated heterocycles. The van der Waals surface area contributed by atoms with Crippen molar-refractivity contribution in [2.75, 3.05) is 0 Å². The lowest BCUT2D eigenvalue weighted by molar-refractivity contribution is 0.474. The van der Waals surface area contributed by atoms with Crippen LogP contribution in [0.2, 0.25) is 0 Å². The minimum Gasteiger partial charge on any atom is -0.456 e. The normalized spacial score (nSPS) is 13.0. The third-order valence-corrected chi connectivity index (χ3v) is 4.18. The van der Waals surface area contributed by atoms with Crippen LogP contribution in [0.5, 0.6) is 11.5 Å². The summed E-state index contributed by atoms with van der Waals surface area (Å²) < 4.78 is 23.2. The van der Waals surface area contributed by atoms with Gasteiger partial charge in [0.15, 0.2) is 0 Å². The monoisotopic (exact) mass is 334 g/mol. The number of benzene rings is 1. The molecule has 1 aromatic heterocycles. The van der Waals surface area contributed by atoms with Crippen LogP contribution in [0.3, 0.4) is 0 Å². The van der Waals surface area contributed by atoms with Gasteiger partial charge in [-0.2, -0.15) is 0 Å². The molecule has 0 aliphatic carbocycles. The van der Waals surface area contributed by atoms with E-state index in [-0.39, 0.29) is 16.6 Å². The Bertz CT molecular complexity index is 653. The van der Waals surface area contributed by atoms with E-state index in [9.17, 15) is 4.39 Å². The van der Waals surface area contributed by atoms with Crippen LogP contribution in [0.1, 0.15) is 45.0 Å². The van der Waals surface area contributed by atoms with Crippen molar-refractivity contribution >= 4 is 11.9 Å². The maximum absolute atomic E-state index is 14.1. The second-order valence-electron chi connectivity index (χ2n) is 6.47. The standard InChI is InChI=1S/C18H23FN2OS/c1-12-6-7-15(11-20-12)22-14-8-9-17(19)16(10-14)13(2)21-23-18(3,4)5/h6-11,13,21H,1-5H3/t13-/m0/s1. The van der Waals surface area contributed by atoms with Crippen LogP contribution in [-0.4, -0.2) is 9.73 Å². The van der Waals surface area contributed by atoms with Gasteiger partial charge in [0.25, 0.3) is 0 Å². The molecule has 0 saturated carbocycles. The van der Waals surface area contributed by atoms with Crippen LogP contribution in [0.4, 0.5) is 4.39 Å².